The van der Waals surface area contributed by atoms with Crippen molar-refractivity contribution in [2.24, 2.45) is 0 Å². The average Bonchev–Trinajstić information content (AvgIpc) is 3.09. The number of carbonyl (C=O) groups excluding carboxylic acids is 1. The van der Waals surface area contributed by atoms with E-state index in [1.807, 2.05) is 4.90 Å². The number of halogens is 1. The van der Waals surface area contributed by atoms with Gasteiger partial charge < -0.3 is 20.1 Å². The maximum atomic E-state index is 14.1. The molecule has 0 aliphatic carbocycles. The molecule has 20 heavy (non-hydrogen) atoms. The van der Waals surface area contributed by atoms with Gasteiger partial charge in [-0.1, -0.05) is 6.07 Å². The summed E-state index contributed by atoms with van der Waals surface area (Å²) < 4.78 is 19.1. The second-order valence-electron chi connectivity index (χ2n) is 4.78. The molecule has 0 aromatic heterocycles. The molecule has 2 fully saturated rings. The molecule has 2 unspecified atom stereocenters. The van der Waals surface area contributed by atoms with Crippen LogP contribution in [-0.2, 0) is 4.74 Å². The minimum Gasteiger partial charge on any atom is -0.441 e. The van der Waals surface area contributed by atoms with Gasteiger partial charge in [0.15, 0.2) is 6.10 Å². The molecule has 2 atom stereocenters. The van der Waals surface area contributed by atoms with E-state index in [1.54, 1.807) is 23.9 Å². The average molecular weight is 298 g/mol. The third-order valence-corrected chi connectivity index (χ3v) is 4.43. The van der Waals surface area contributed by atoms with Crippen LogP contribution in [-0.4, -0.2) is 42.0 Å². The van der Waals surface area contributed by atoms with Crippen LogP contribution in [0.3, 0.4) is 0 Å². The summed E-state index contributed by atoms with van der Waals surface area (Å²) in [5, 5.41) is 12.6. The molecule has 0 saturated carbocycles. The quantitative estimate of drug-likeness (QED) is 0.885. The highest BCUT2D eigenvalue weighted by Gasteiger charge is 2.31. The molecule has 1 aromatic rings. The molecule has 3 rings (SSSR count). The van der Waals surface area contributed by atoms with Crippen LogP contribution in [0.4, 0.5) is 14.9 Å². The maximum Gasteiger partial charge on any atom is 0.407 e. The number of aliphatic hydroxyl groups is 1. The highest BCUT2D eigenvalue weighted by atomic mass is 32.2. The second-order valence-corrected chi connectivity index (χ2v) is 5.86. The fourth-order valence-electron chi connectivity index (χ4n) is 2.36. The number of alkyl carbamates (subject to hydrolysis) is 1. The molecule has 1 amide bonds. The number of cyclic esters (lactones) is 1. The van der Waals surface area contributed by atoms with Crippen molar-refractivity contribution >= 4 is 23.5 Å². The SMILES string of the molecule is O=C1NCC(C(O)c2ccc(N3CCSC3)c(F)c2)O1. The number of hydrogen-bond donors (Lipinski definition) is 2. The lowest BCUT2D eigenvalue weighted by molar-refractivity contribution is 0.0318. The van der Waals surface area contributed by atoms with Gasteiger partial charge >= 0.3 is 6.09 Å². The van der Waals surface area contributed by atoms with Gasteiger partial charge in [0.1, 0.15) is 11.9 Å². The summed E-state index contributed by atoms with van der Waals surface area (Å²) in [6.07, 6.45) is -2.25. The highest BCUT2D eigenvalue weighted by molar-refractivity contribution is 7.99. The molecule has 5 nitrogen and oxygen atoms in total. The van der Waals surface area contributed by atoms with Gasteiger partial charge in [-0.3, -0.25) is 0 Å². The van der Waals surface area contributed by atoms with Crippen LogP contribution in [0, 0.1) is 5.82 Å². The molecular weight excluding hydrogens is 283 g/mol. The van der Waals surface area contributed by atoms with E-state index in [0.717, 1.165) is 18.2 Å². The van der Waals surface area contributed by atoms with Crippen LogP contribution < -0.4 is 10.2 Å². The Kier molecular flexibility index (Phi) is 3.71. The fraction of sp³-hybridized carbons (Fsp3) is 0.462. The molecule has 108 valence electrons. The lowest BCUT2D eigenvalue weighted by atomic mass is 10.0. The van der Waals surface area contributed by atoms with Crippen molar-refractivity contribution in [3.63, 3.8) is 0 Å². The lowest BCUT2D eigenvalue weighted by Crippen LogP contribution is -2.23. The zero-order valence-corrected chi connectivity index (χ0v) is 11.5. The molecule has 2 N–H and O–H groups in total. The molecule has 2 aliphatic rings. The van der Waals surface area contributed by atoms with E-state index in [2.05, 4.69) is 5.32 Å². The Morgan fingerprint density at radius 2 is 2.40 bits per heavy atom. The van der Waals surface area contributed by atoms with Crippen LogP contribution >= 0.6 is 11.8 Å². The van der Waals surface area contributed by atoms with Gasteiger partial charge in [0.05, 0.1) is 18.1 Å². The summed E-state index contributed by atoms with van der Waals surface area (Å²) in [4.78, 5) is 12.9. The number of benzene rings is 1. The number of anilines is 1. The first-order valence-electron chi connectivity index (χ1n) is 6.40. The number of amides is 1. The summed E-state index contributed by atoms with van der Waals surface area (Å²) in [6, 6.07) is 4.66. The van der Waals surface area contributed by atoms with Crippen molar-refractivity contribution in [2.45, 2.75) is 12.2 Å². The Balaban J connectivity index is 1.77. The van der Waals surface area contributed by atoms with E-state index >= 15 is 0 Å². The molecule has 2 saturated heterocycles. The predicted molar refractivity (Wildman–Crippen MR) is 74.3 cm³/mol. The third-order valence-electron chi connectivity index (χ3n) is 3.46. The van der Waals surface area contributed by atoms with Gasteiger partial charge in [-0.15, -0.1) is 11.8 Å². The highest BCUT2D eigenvalue weighted by Crippen LogP contribution is 2.29. The summed E-state index contributed by atoms with van der Waals surface area (Å²) in [7, 11) is 0. The number of aliphatic hydroxyl groups excluding tert-OH is 1. The summed E-state index contributed by atoms with van der Waals surface area (Å²) in [5.41, 5.74) is 0.965. The first kappa shape index (κ1) is 13.5. The summed E-state index contributed by atoms with van der Waals surface area (Å²) >= 11 is 1.76. The molecule has 2 heterocycles. The normalized spacial score (nSPS) is 23.6. The Morgan fingerprint density at radius 1 is 1.55 bits per heavy atom. The first-order valence-corrected chi connectivity index (χ1v) is 7.55. The Morgan fingerprint density at radius 3 is 3.00 bits per heavy atom. The number of nitrogens with one attached hydrogen (secondary N) is 1. The number of nitrogens with zero attached hydrogens (tertiary/aromatic N) is 1. The zero-order chi connectivity index (χ0) is 14.1. The largest absolute Gasteiger partial charge is 0.441 e. The van der Waals surface area contributed by atoms with Gasteiger partial charge in [0.2, 0.25) is 0 Å². The topological polar surface area (TPSA) is 61.8 Å². The molecule has 2 aliphatic heterocycles. The number of rotatable bonds is 3. The molecule has 7 heteroatoms. The van der Waals surface area contributed by atoms with E-state index in [1.165, 1.54) is 6.07 Å². The Bertz CT molecular complexity index is 522. The number of carbonyl (C=O) groups is 1. The predicted octanol–water partition coefficient (Wildman–Crippen LogP) is 1.48. The van der Waals surface area contributed by atoms with Gasteiger partial charge in [-0.05, 0) is 17.7 Å². The van der Waals surface area contributed by atoms with Gasteiger partial charge in [0.25, 0.3) is 0 Å². The maximum absolute atomic E-state index is 14.1. The number of ether oxygens (including phenoxy) is 1. The van der Waals surface area contributed by atoms with Crippen molar-refractivity contribution in [3.05, 3.63) is 29.6 Å². The molecule has 0 radical (unpaired) electrons. The Labute approximate surface area is 120 Å². The van der Waals surface area contributed by atoms with E-state index in [9.17, 15) is 14.3 Å². The molecular formula is C13H15FN2O3S. The van der Waals surface area contributed by atoms with Crippen LogP contribution in [0.5, 0.6) is 0 Å². The minimum atomic E-state index is -1.02. The van der Waals surface area contributed by atoms with Crippen molar-refractivity contribution in [1.82, 2.24) is 5.32 Å². The van der Waals surface area contributed by atoms with E-state index < -0.39 is 18.3 Å². The number of hydrogen-bond acceptors (Lipinski definition) is 5. The summed E-state index contributed by atoms with van der Waals surface area (Å²) in [5.74, 6) is 1.41. The second kappa shape index (κ2) is 5.49. The fourth-order valence-corrected chi connectivity index (χ4v) is 3.33. The monoisotopic (exact) mass is 298 g/mol. The third kappa shape index (κ3) is 2.55. The van der Waals surface area contributed by atoms with Crippen molar-refractivity contribution in [1.29, 1.82) is 0 Å². The minimum absolute atomic E-state index is 0.228. The van der Waals surface area contributed by atoms with Crippen molar-refractivity contribution in [3.8, 4) is 0 Å². The van der Waals surface area contributed by atoms with Crippen molar-refractivity contribution < 1.29 is 19.0 Å². The standard InChI is InChI=1S/C13H15FN2O3S/c14-9-5-8(12(17)11-6-15-13(18)19-11)1-2-10(9)16-3-4-20-7-16/h1-2,5,11-12,17H,3-4,6-7H2,(H,15,18). The number of thioether (sulfide) groups is 1. The van der Waals surface area contributed by atoms with E-state index in [0.29, 0.717) is 11.3 Å². The van der Waals surface area contributed by atoms with Gasteiger partial charge in [0, 0.05) is 12.3 Å². The molecule has 0 spiro atoms. The summed E-state index contributed by atoms with van der Waals surface area (Å²) in [6.45, 7) is 1.06. The van der Waals surface area contributed by atoms with Crippen LogP contribution in [0.15, 0.2) is 18.2 Å². The van der Waals surface area contributed by atoms with E-state index in [4.69, 9.17) is 4.74 Å². The van der Waals surface area contributed by atoms with Gasteiger partial charge in [-0.2, -0.15) is 0 Å². The Hall–Kier alpha value is -1.47. The van der Waals surface area contributed by atoms with Crippen LogP contribution in [0.2, 0.25) is 0 Å². The zero-order valence-electron chi connectivity index (χ0n) is 10.7. The van der Waals surface area contributed by atoms with Crippen LogP contribution in [0.1, 0.15) is 11.7 Å². The first-order chi connectivity index (χ1) is 9.65. The van der Waals surface area contributed by atoms with E-state index in [-0.39, 0.29) is 12.4 Å². The van der Waals surface area contributed by atoms with Gasteiger partial charge in [-0.25, -0.2) is 9.18 Å². The van der Waals surface area contributed by atoms with Crippen molar-refractivity contribution in [2.75, 3.05) is 29.6 Å². The molecule has 1 aromatic carbocycles. The lowest BCUT2D eigenvalue weighted by Gasteiger charge is -2.20. The van der Waals surface area contributed by atoms with Crippen LogP contribution in [0.25, 0.3) is 0 Å². The smallest absolute Gasteiger partial charge is 0.407 e. The molecule has 0 bridgehead atoms.